The van der Waals surface area contributed by atoms with Gasteiger partial charge in [0.25, 0.3) is 0 Å². The Balaban J connectivity index is 1.42. The van der Waals surface area contributed by atoms with Gasteiger partial charge in [-0.2, -0.15) is 9.61 Å². The Morgan fingerprint density at radius 3 is 2.86 bits per heavy atom. The van der Waals surface area contributed by atoms with Gasteiger partial charge < -0.3 is 19.5 Å². The Morgan fingerprint density at radius 2 is 2.00 bits per heavy atom. The molecule has 0 saturated heterocycles. The molecule has 3 aromatic heterocycles. The summed E-state index contributed by atoms with van der Waals surface area (Å²) in [6, 6.07) is 11.6. The first-order chi connectivity index (χ1) is 13.8. The van der Waals surface area contributed by atoms with Crippen molar-refractivity contribution in [2.24, 2.45) is 0 Å². The number of anilines is 1. The predicted molar refractivity (Wildman–Crippen MR) is 103 cm³/mol. The highest BCUT2D eigenvalue weighted by atomic mass is 16.7. The van der Waals surface area contributed by atoms with E-state index in [1.807, 2.05) is 36.4 Å². The summed E-state index contributed by atoms with van der Waals surface area (Å²) in [7, 11) is 1.59. The minimum atomic E-state index is 0.271. The van der Waals surface area contributed by atoms with Gasteiger partial charge in [0.2, 0.25) is 12.7 Å². The zero-order chi connectivity index (χ0) is 18.9. The Labute approximate surface area is 160 Å². The van der Waals surface area contributed by atoms with Crippen LogP contribution in [0.5, 0.6) is 17.4 Å². The van der Waals surface area contributed by atoms with Crippen LogP contribution in [0.4, 0.5) is 5.82 Å². The maximum atomic E-state index is 5.44. The second-order valence-corrected chi connectivity index (χ2v) is 6.25. The summed E-state index contributed by atoms with van der Waals surface area (Å²) in [4.78, 5) is 8.75. The van der Waals surface area contributed by atoms with Gasteiger partial charge in [0.1, 0.15) is 5.82 Å². The van der Waals surface area contributed by atoms with Crippen LogP contribution in [0.2, 0.25) is 0 Å². The first kappa shape index (κ1) is 16.4. The third-order valence-electron chi connectivity index (χ3n) is 4.57. The summed E-state index contributed by atoms with van der Waals surface area (Å²) in [5.74, 6) is 2.96. The molecule has 4 heterocycles. The Hall–Kier alpha value is -3.81. The van der Waals surface area contributed by atoms with Crippen molar-refractivity contribution in [3.05, 3.63) is 60.6 Å². The Morgan fingerprint density at radius 1 is 1.07 bits per heavy atom. The summed E-state index contributed by atoms with van der Waals surface area (Å²) < 4.78 is 17.7. The van der Waals surface area contributed by atoms with Crippen molar-refractivity contribution in [3.63, 3.8) is 0 Å². The lowest BCUT2D eigenvalue weighted by atomic mass is 10.1. The first-order valence-corrected chi connectivity index (χ1v) is 8.77. The maximum Gasteiger partial charge on any atom is 0.231 e. The average Bonchev–Trinajstić information content (AvgIpc) is 3.39. The van der Waals surface area contributed by atoms with Gasteiger partial charge in [0, 0.05) is 36.1 Å². The van der Waals surface area contributed by atoms with Crippen molar-refractivity contribution in [1.82, 2.24) is 19.6 Å². The van der Waals surface area contributed by atoms with Crippen LogP contribution in [0.1, 0.15) is 5.56 Å². The maximum absolute atomic E-state index is 5.44. The van der Waals surface area contributed by atoms with Crippen LogP contribution in [0.25, 0.3) is 16.8 Å². The zero-order valence-corrected chi connectivity index (χ0v) is 15.1. The summed E-state index contributed by atoms with van der Waals surface area (Å²) in [6.45, 7) is 0.891. The zero-order valence-electron chi connectivity index (χ0n) is 15.1. The topological polar surface area (TPSA) is 82.8 Å². The highest BCUT2D eigenvalue weighted by molar-refractivity contribution is 5.77. The van der Waals surface area contributed by atoms with Gasteiger partial charge in [-0.1, -0.05) is 6.07 Å². The second kappa shape index (κ2) is 6.73. The fourth-order valence-corrected chi connectivity index (χ4v) is 3.13. The fraction of sp³-hybridized carbons (Fsp3) is 0.150. The number of aromatic nitrogens is 4. The molecule has 0 radical (unpaired) electrons. The van der Waals surface area contributed by atoms with Gasteiger partial charge in [0.05, 0.1) is 13.3 Å². The molecule has 4 aromatic rings. The molecule has 0 amide bonds. The highest BCUT2D eigenvalue weighted by Gasteiger charge is 2.14. The van der Waals surface area contributed by atoms with Crippen LogP contribution in [0.15, 0.2) is 55.0 Å². The molecule has 0 bridgehead atoms. The number of ether oxygens (including phenoxy) is 3. The van der Waals surface area contributed by atoms with E-state index in [-0.39, 0.29) is 6.79 Å². The molecule has 1 aromatic carbocycles. The van der Waals surface area contributed by atoms with Crippen LogP contribution < -0.4 is 19.5 Å². The molecule has 140 valence electrons. The molecule has 0 spiro atoms. The molecule has 5 rings (SSSR count). The van der Waals surface area contributed by atoms with E-state index >= 15 is 0 Å². The molecular formula is C20H17N5O3. The summed E-state index contributed by atoms with van der Waals surface area (Å²) in [6.07, 6.45) is 5.31. The van der Waals surface area contributed by atoms with Crippen molar-refractivity contribution in [3.8, 4) is 28.5 Å². The molecule has 8 nitrogen and oxygen atoms in total. The van der Waals surface area contributed by atoms with Gasteiger partial charge in [-0.15, -0.1) is 0 Å². The van der Waals surface area contributed by atoms with E-state index in [2.05, 4.69) is 20.4 Å². The van der Waals surface area contributed by atoms with Crippen LogP contribution in [-0.2, 0) is 6.54 Å². The van der Waals surface area contributed by atoms with Gasteiger partial charge in [-0.3, -0.25) is 0 Å². The molecular weight excluding hydrogens is 358 g/mol. The fourth-order valence-electron chi connectivity index (χ4n) is 3.13. The normalized spacial score (nSPS) is 12.3. The largest absolute Gasteiger partial charge is 0.481 e. The van der Waals surface area contributed by atoms with E-state index in [1.54, 1.807) is 30.2 Å². The molecule has 1 aliphatic rings. The van der Waals surface area contributed by atoms with Crippen molar-refractivity contribution in [2.75, 3.05) is 19.2 Å². The third-order valence-corrected chi connectivity index (χ3v) is 4.57. The third kappa shape index (κ3) is 2.84. The quantitative estimate of drug-likeness (QED) is 0.574. The van der Waals surface area contributed by atoms with Crippen LogP contribution in [0.3, 0.4) is 0 Å². The van der Waals surface area contributed by atoms with E-state index in [0.29, 0.717) is 12.4 Å². The lowest BCUT2D eigenvalue weighted by Crippen LogP contribution is -2.05. The van der Waals surface area contributed by atoms with E-state index in [0.717, 1.165) is 39.7 Å². The number of pyridine rings is 1. The minimum Gasteiger partial charge on any atom is -0.481 e. The van der Waals surface area contributed by atoms with Gasteiger partial charge in [-0.05, 0) is 29.8 Å². The smallest absolute Gasteiger partial charge is 0.231 e. The van der Waals surface area contributed by atoms with E-state index in [1.165, 1.54) is 0 Å². The predicted octanol–water partition coefficient (Wildman–Crippen LogP) is 3.14. The standard InChI is InChI=1S/C20H17N5O3/c1-26-19-5-3-14(10-23-19)15-11-24-25-18(6-7-21-20(15)25)22-9-13-2-4-16-17(8-13)28-12-27-16/h2-8,10-11,22H,9,12H2,1H3. The Kier molecular flexibility index (Phi) is 3.93. The molecule has 0 aliphatic carbocycles. The average molecular weight is 375 g/mol. The number of benzene rings is 1. The SMILES string of the molecule is COc1ccc(-c2cnn3c(NCc4ccc5c(c4)OCO5)ccnc23)cn1. The number of nitrogens with zero attached hydrogens (tertiary/aromatic N) is 4. The summed E-state index contributed by atoms with van der Waals surface area (Å²) in [5.41, 5.74) is 3.67. The van der Waals surface area contributed by atoms with Crippen molar-refractivity contribution >= 4 is 11.5 Å². The van der Waals surface area contributed by atoms with E-state index in [9.17, 15) is 0 Å². The van der Waals surface area contributed by atoms with Crippen molar-refractivity contribution < 1.29 is 14.2 Å². The molecule has 28 heavy (non-hydrogen) atoms. The monoisotopic (exact) mass is 375 g/mol. The number of fused-ring (bicyclic) bond motifs is 2. The number of nitrogens with one attached hydrogen (secondary N) is 1. The van der Waals surface area contributed by atoms with Gasteiger partial charge in [0.15, 0.2) is 17.1 Å². The minimum absolute atomic E-state index is 0.271. The lowest BCUT2D eigenvalue weighted by Gasteiger charge is -2.09. The molecule has 1 aliphatic heterocycles. The van der Waals surface area contributed by atoms with E-state index in [4.69, 9.17) is 14.2 Å². The highest BCUT2D eigenvalue weighted by Crippen LogP contribution is 2.32. The molecule has 0 saturated carbocycles. The molecule has 8 heteroatoms. The molecule has 0 fully saturated rings. The van der Waals surface area contributed by atoms with Crippen LogP contribution in [-0.4, -0.2) is 33.5 Å². The first-order valence-electron chi connectivity index (χ1n) is 8.77. The number of hydrogen-bond acceptors (Lipinski definition) is 7. The molecule has 1 N–H and O–H groups in total. The lowest BCUT2D eigenvalue weighted by molar-refractivity contribution is 0.174. The van der Waals surface area contributed by atoms with Crippen molar-refractivity contribution in [2.45, 2.75) is 6.54 Å². The van der Waals surface area contributed by atoms with E-state index < -0.39 is 0 Å². The van der Waals surface area contributed by atoms with Crippen molar-refractivity contribution in [1.29, 1.82) is 0 Å². The Bertz CT molecular complexity index is 1140. The number of rotatable bonds is 5. The summed E-state index contributed by atoms with van der Waals surface area (Å²) in [5, 5.41) is 7.90. The van der Waals surface area contributed by atoms with Crippen LogP contribution >= 0.6 is 0 Å². The molecule has 0 unspecified atom stereocenters. The summed E-state index contributed by atoms with van der Waals surface area (Å²) >= 11 is 0. The second-order valence-electron chi connectivity index (χ2n) is 6.25. The number of hydrogen-bond donors (Lipinski definition) is 1. The number of methoxy groups -OCH3 is 1. The molecule has 0 atom stereocenters. The van der Waals surface area contributed by atoms with Crippen LogP contribution in [0, 0.1) is 0 Å². The van der Waals surface area contributed by atoms with Gasteiger partial charge >= 0.3 is 0 Å². The van der Waals surface area contributed by atoms with Gasteiger partial charge in [-0.25, -0.2) is 9.97 Å².